The van der Waals surface area contributed by atoms with Crippen molar-refractivity contribution in [2.75, 3.05) is 0 Å². The Kier molecular flexibility index (Phi) is 4.55. The summed E-state index contributed by atoms with van der Waals surface area (Å²) < 4.78 is 5.35. The van der Waals surface area contributed by atoms with Crippen LogP contribution in [0.25, 0.3) is 10.9 Å². The van der Waals surface area contributed by atoms with Crippen LogP contribution >= 0.6 is 23.2 Å². The molecule has 0 bridgehead atoms. The second-order valence-electron chi connectivity index (χ2n) is 5.14. The van der Waals surface area contributed by atoms with E-state index in [1.807, 2.05) is 0 Å². The number of ether oxygens (including phenoxy) is 1. The molecule has 0 aliphatic carbocycles. The summed E-state index contributed by atoms with van der Waals surface area (Å²) in [5, 5.41) is 1.09. The van der Waals surface area contributed by atoms with E-state index in [-0.39, 0.29) is 22.0 Å². The van der Waals surface area contributed by atoms with Crippen LogP contribution in [0, 0.1) is 0 Å². The number of esters is 1. The van der Waals surface area contributed by atoms with E-state index in [0.717, 1.165) is 0 Å². The number of fused-ring (bicyclic) bond motifs is 1. The highest BCUT2D eigenvalue weighted by molar-refractivity contribution is 6.42. The molecule has 0 amide bonds. The molecule has 0 saturated heterocycles. The number of nitrogens with one attached hydrogen (secondary N) is 1. The number of hydrogen-bond acceptors (Lipinski definition) is 4. The van der Waals surface area contributed by atoms with Crippen molar-refractivity contribution >= 4 is 40.1 Å². The van der Waals surface area contributed by atoms with Gasteiger partial charge in [-0.05, 0) is 37.3 Å². The number of para-hydroxylation sites is 1. The number of nitrogens with zero attached hydrogens (tertiary/aromatic N) is 1. The predicted molar refractivity (Wildman–Crippen MR) is 92.7 cm³/mol. The molecule has 3 rings (SSSR count). The molecule has 0 spiro atoms. The normalized spacial score (nSPS) is 12.1. The van der Waals surface area contributed by atoms with Crippen LogP contribution in [0.4, 0.5) is 0 Å². The van der Waals surface area contributed by atoms with Gasteiger partial charge >= 0.3 is 5.97 Å². The number of halogens is 2. The Labute approximate surface area is 147 Å². The molecular weight excluding hydrogens is 351 g/mol. The molecule has 5 nitrogen and oxygen atoms in total. The maximum Gasteiger partial charge on any atom is 0.338 e. The highest BCUT2D eigenvalue weighted by atomic mass is 35.5. The number of hydrogen-bond donors (Lipinski definition) is 1. The van der Waals surface area contributed by atoms with Crippen molar-refractivity contribution in [2.45, 2.75) is 13.0 Å². The fourth-order valence-corrected chi connectivity index (χ4v) is 2.50. The SMILES string of the molecule is C[C@H](OC(=O)c1ccc(Cl)c(Cl)c1)c1nc2ccccc2c(=O)[nH]1. The zero-order valence-electron chi connectivity index (χ0n) is 12.5. The fourth-order valence-electron chi connectivity index (χ4n) is 2.20. The molecule has 24 heavy (non-hydrogen) atoms. The molecule has 0 aliphatic rings. The minimum atomic E-state index is -0.732. The van der Waals surface area contributed by atoms with Gasteiger partial charge < -0.3 is 9.72 Å². The summed E-state index contributed by atoms with van der Waals surface area (Å²) in [6.07, 6.45) is -0.732. The smallest absolute Gasteiger partial charge is 0.338 e. The summed E-state index contributed by atoms with van der Waals surface area (Å²) in [7, 11) is 0. The number of aromatic amines is 1. The zero-order valence-corrected chi connectivity index (χ0v) is 14.1. The van der Waals surface area contributed by atoms with E-state index in [9.17, 15) is 9.59 Å². The van der Waals surface area contributed by atoms with Crippen LogP contribution in [0.5, 0.6) is 0 Å². The van der Waals surface area contributed by atoms with E-state index < -0.39 is 12.1 Å². The minimum absolute atomic E-state index is 0.260. The summed E-state index contributed by atoms with van der Waals surface area (Å²) in [4.78, 5) is 31.2. The van der Waals surface area contributed by atoms with Crippen molar-refractivity contribution in [2.24, 2.45) is 0 Å². The van der Waals surface area contributed by atoms with Gasteiger partial charge in [-0.15, -0.1) is 0 Å². The summed E-state index contributed by atoms with van der Waals surface area (Å²) >= 11 is 11.7. The van der Waals surface area contributed by atoms with Crippen molar-refractivity contribution in [1.29, 1.82) is 0 Å². The highest BCUT2D eigenvalue weighted by Gasteiger charge is 2.17. The predicted octanol–water partition coefficient (Wildman–Crippen LogP) is 4.15. The molecule has 0 unspecified atom stereocenters. The lowest BCUT2D eigenvalue weighted by Crippen LogP contribution is -2.17. The third-order valence-electron chi connectivity index (χ3n) is 3.46. The fraction of sp³-hybridized carbons (Fsp3) is 0.118. The first-order valence-corrected chi connectivity index (χ1v) is 7.86. The third-order valence-corrected chi connectivity index (χ3v) is 4.19. The third kappa shape index (κ3) is 3.27. The lowest BCUT2D eigenvalue weighted by atomic mass is 10.2. The van der Waals surface area contributed by atoms with Gasteiger partial charge in [-0.3, -0.25) is 4.79 Å². The molecule has 1 heterocycles. The number of carbonyl (C=O) groups excluding carboxylic acids is 1. The Morgan fingerprint density at radius 3 is 2.67 bits per heavy atom. The topological polar surface area (TPSA) is 72.0 Å². The van der Waals surface area contributed by atoms with E-state index in [2.05, 4.69) is 9.97 Å². The first-order valence-electron chi connectivity index (χ1n) is 7.10. The number of H-pyrrole nitrogens is 1. The van der Waals surface area contributed by atoms with Crippen LogP contribution in [0.2, 0.25) is 10.0 Å². The van der Waals surface area contributed by atoms with Crippen molar-refractivity contribution in [3.63, 3.8) is 0 Å². The number of carbonyl (C=O) groups is 1. The molecular formula is C17H12Cl2N2O3. The number of benzene rings is 2. The Bertz CT molecular complexity index is 985. The van der Waals surface area contributed by atoms with Gasteiger partial charge in [-0.1, -0.05) is 35.3 Å². The standard InChI is InChI=1S/C17H12Cl2N2O3/c1-9(24-17(23)10-6-7-12(18)13(19)8-10)15-20-14-5-3-2-4-11(14)16(22)21-15/h2-9H,1H3,(H,20,21,22)/t9-/m0/s1. The maximum absolute atomic E-state index is 12.2. The molecule has 122 valence electrons. The lowest BCUT2D eigenvalue weighted by Gasteiger charge is -2.13. The van der Waals surface area contributed by atoms with E-state index >= 15 is 0 Å². The molecule has 3 aromatic rings. The first kappa shape index (κ1) is 16.5. The van der Waals surface area contributed by atoms with Gasteiger partial charge in [0, 0.05) is 0 Å². The minimum Gasteiger partial charge on any atom is -0.451 e. The first-order chi connectivity index (χ1) is 11.5. The van der Waals surface area contributed by atoms with E-state index in [1.165, 1.54) is 18.2 Å². The number of aromatic nitrogens is 2. The Balaban J connectivity index is 1.86. The van der Waals surface area contributed by atoms with Crippen LogP contribution < -0.4 is 5.56 Å². The van der Waals surface area contributed by atoms with E-state index in [1.54, 1.807) is 31.2 Å². The van der Waals surface area contributed by atoms with Crippen molar-refractivity contribution < 1.29 is 9.53 Å². The Hall–Kier alpha value is -2.37. The Morgan fingerprint density at radius 1 is 1.17 bits per heavy atom. The van der Waals surface area contributed by atoms with Gasteiger partial charge in [0.15, 0.2) is 11.9 Å². The van der Waals surface area contributed by atoms with Gasteiger partial charge in [0.2, 0.25) is 0 Å². The van der Waals surface area contributed by atoms with Crippen molar-refractivity contribution in [1.82, 2.24) is 9.97 Å². The largest absolute Gasteiger partial charge is 0.451 e. The summed E-state index contributed by atoms with van der Waals surface area (Å²) in [6, 6.07) is 11.4. The van der Waals surface area contributed by atoms with Gasteiger partial charge in [-0.2, -0.15) is 0 Å². The van der Waals surface area contributed by atoms with Crippen LogP contribution in [-0.2, 0) is 4.74 Å². The summed E-state index contributed by atoms with van der Waals surface area (Å²) in [6.45, 7) is 1.63. The van der Waals surface area contributed by atoms with Crippen LogP contribution in [0.1, 0.15) is 29.2 Å². The summed E-state index contributed by atoms with van der Waals surface area (Å²) in [5.41, 5.74) is 0.515. The average molecular weight is 363 g/mol. The highest BCUT2D eigenvalue weighted by Crippen LogP contribution is 2.24. The number of rotatable bonds is 3. The molecule has 7 heteroatoms. The van der Waals surface area contributed by atoms with Gasteiger partial charge in [0.1, 0.15) is 0 Å². The quantitative estimate of drug-likeness (QED) is 0.710. The van der Waals surface area contributed by atoms with Crippen molar-refractivity contribution in [3.8, 4) is 0 Å². The molecule has 1 atom stereocenters. The van der Waals surface area contributed by atoms with Crippen LogP contribution in [-0.4, -0.2) is 15.9 Å². The average Bonchev–Trinajstić information content (AvgIpc) is 2.57. The summed E-state index contributed by atoms with van der Waals surface area (Å²) in [5.74, 6) is -0.316. The molecule has 1 N–H and O–H groups in total. The van der Waals surface area contributed by atoms with E-state index in [4.69, 9.17) is 27.9 Å². The van der Waals surface area contributed by atoms with Crippen molar-refractivity contribution in [3.05, 3.63) is 74.3 Å². The van der Waals surface area contributed by atoms with E-state index in [0.29, 0.717) is 15.9 Å². The van der Waals surface area contributed by atoms with Crippen LogP contribution in [0.15, 0.2) is 47.3 Å². The molecule has 0 fully saturated rings. The van der Waals surface area contributed by atoms with Gasteiger partial charge in [0.05, 0.1) is 26.5 Å². The Morgan fingerprint density at radius 2 is 1.92 bits per heavy atom. The van der Waals surface area contributed by atoms with Gasteiger partial charge in [0.25, 0.3) is 5.56 Å². The monoisotopic (exact) mass is 362 g/mol. The lowest BCUT2D eigenvalue weighted by molar-refractivity contribution is 0.0320. The zero-order chi connectivity index (χ0) is 17.3. The molecule has 0 radical (unpaired) electrons. The second kappa shape index (κ2) is 6.63. The molecule has 0 saturated carbocycles. The molecule has 2 aromatic carbocycles. The molecule has 1 aromatic heterocycles. The van der Waals surface area contributed by atoms with Crippen LogP contribution in [0.3, 0.4) is 0 Å². The molecule has 0 aliphatic heterocycles. The maximum atomic E-state index is 12.2. The second-order valence-corrected chi connectivity index (χ2v) is 5.96. The van der Waals surface area contributed by atoms with Gasteiger partial charge in [-0.25, -0.2) is 9.78 Å².